The first-order valence-corrected chi connectivity index (χ1v) is 45.2. The molecule has 0 radical (unpaired) electrons. The number of carbonyl (C=O) groups is 3. The van der Waals surface area contributed by atoms with E-state index in [0.717, 1.165) is 110 Å². The molecule has 3 aromatic rings. The summed E-state index contributed by atoms with van der Waals surface area (Å²) < 4.78 is 98.0. The zero-order chi connectivity index (χ0) is 76.8. The van der Waals surface area contributed by atoms with Crippen molar-refractivity contribution in [3.05, 3.63) is 161 Å². The lowest BCUT2D eigenvalue weighted by atomic mass is 10.1. The van der Waals surface area contributed by atoms with E-state index in [1.54, 1.807) is 79.0 Å². The summed E-state index contributed by atoms with van der Waals surface area (Å²) >= 11 is 0. The van der Waals surface area contributed by atoms with E-state index in [0.29, 0.717) is 25.7 Å². The number of ether oxygens (including phenoxy) is 3. The second-order valence-corrected chi connectivity index (χ2v) is 33.2. The van der Waals surface area contributed by atoms with E-state index < -0.39 is 57.2 Å². The van der Waals surface area contributed by atoms with Gasteiger partial charge in [-0.3, -0.25) is 0 Å². The molecule has 3 rings (SSSR count). The number of hydrogen-bond donors (Lipinski definition) is 0. The number of esters is 3. The number of nitrogens with zero attached hydrogens (tertiary/aromatic N) is 3. The zero-order valence-electron chi connectivity index (χ0n) is 66.1. The molecule has 0 saturated heterocycles. The van der Waals surface area contributed by atoms with Crippen LogP contribution in [0, 0.1) is 0 Å². The Morgan fingerprint density at radius 3 is 0.695 bits per heavy atom. The number of unbranched alkanes of at least 4 members (excludes halogenated alkanes) is 32. The summed E-state index contributed by atoms with van der Waals surface area (Å²) in [6.07, 6.45) is 57.0. The van der Waals surface area contributed by atoms with Gasteiger partial charge in [-0.2, -0.15) is 0 Å². The van der Waals surface area contributed by atoms with E-state index in [-0.39, 0.29) is 39.4 Å². The standard InChI is InChI=1S/C60H96N2O8S2.C27H43NO4S/c1-5-9-13-17-21-33-47-61(48-34-22-18-14-10-6-2)51-39-45-57(71(65,66)55-41-29-27-30-42-55)59(63)69-53-37-25-26-38-54-70-60(64)58(72(67,68)56-43-31-28-32-44-56)46-40-52-62(49-35-23-19-15-11-7-3)50-36-24-20-16-12-8-4;1-4-7-8-9-10-11-12-13-14-18-24-32-27(29)26(22-19-23-28(5-2)6-3)33(30,31)25-20-16-15-17-21-25/h27-32,39-46,51-52H,5-26,33-38,47-50,53-54H2,1-4H3;15-17,19-23H,4-14,18,24H2,1-3H3/b51-39+,52-40+,57-45-,58-46-;23-19+,26-22-. The van der Waals surface area contributed by atoms with Gasteiger partial charge in [0.1, 0.15) is 0 Å². The third-order valence-electron chi connectivity index (χ3n) is 18.5. The molecule has 592 valence electrons. The van der Waals surface area contributed by atoms with Crippen molar-refractivity contribution in [2.24, 2.45) is 0 Å². The summed E-state index contributed by atoms with van der Waals surface area (Å²) in [5.41, 5.74) is 0. The number of allylic oxidation sites excluding steroid dienone is 6. The molecule has 0 aliphatic heterocycles. The number of benzene rings is 3. The highest BCUT2D eigenvalue weighted by Crippen LogP contribution is 2.25. The monoisotopic (exact) mass is 1510 g/mol. The van der Waals surface area contributed by atoms with Gasteiger partial charge < -0.3 is 28.9 Å². The molecule has 0 N–H and O–H groups in total. The van der Waals surface area contributed by atoms with Crippen LogP contribution in [0.25, 0.3) is 0 Å². The summed E-state index contributed by atoms with van der Waals surface area (Å²) in [6.45, 7) is 20.4. The van der Waals surface area contributed by atoms with Crippen LogP contribution in [0.15, 0.2) is 175 Å². The Morgan fingerprint density at radius 2 is 0.476 bits per heavy atom. The van der Waals surface area contributed by atoms with Crippen molar-refractivity contribution in [3.63, 3.8) is 0 Å². The molecule has 18 heteroatoms. The molecular formula is C87H139N3O12S3. The molecular weight excluding hydrogens is 1380 g/mol. The fourth-order valence-corrected chi connectivity index (χ4v) is 15.8. The van der Waals surface area contributed by atoms with Crippen molar-refractivity contribution in [1.82, 2.24) is 14.7 Å². The van der Waals surface area contributed by atoms with Crippen LogP contribution in [-0.2, 0) is 58.1 Å². The fraction of sp³-hybridized carbons (Fsp3) is 0.621. The summed E-state index contributed by atoms with van der Waals surface area (Å²) in [5.74, 6) is -2.60. The van der Waals surface area contributed by atoms with Gasteiger partial charge in [0.05, 0.1) is 34.5 Å². The third-order valence-corrected chi connectivity index (χ3v) is 23.8. The van der Waals surface area contributed by atoms with E-state index in [9.17, 15) is 39.6 Å². The van der Waals surface area contributed by atoms with Gasteiger partial charge in [0.2, 0.25) is 29.5 Å². The van der Waals surface area contributed by atoms with Gasteiger partial charge in [0, 0.05) is 39.3 Å². The highest BCUT2D eigenvalue weighted by atomic mass is 32.2. The Balaban J connectivity index is 0.000000944. The van der Waals surface area contributed by atoms with Crippen molar-refractivity contribution in [2.45, 2.75) is 307 Å². The van der Waals surface area contributed by atoms with Crippen LogP contribution in [-0.4, -0.2) is 117 Å². The van der Waals surface area contributed by atoms with Crippen LogP contribution in [0.1, 0.15) is 292 Å². The van der Waals surface area contributed by atoms with E-state index in [4.69, 9.17) is 14.2 Å². The molecule has 0 aliphatic rings. The molecule has 0 atom stereocenters. The SMILES string of the molecule is CCCCCCCCCCCCOC(=O)/C(=C/C=C/N(CC)CC)S(=O)(=O)c1ccccc1.CCCCCCCCN(/C=C/C=C(/C(=O)OCCCCCCOC(=O)/C(=C/C=C/N(CCCCCCCC)CCCCCCCC)S(=O)(=O)c1ccccc1)S(=O)(=O)c1ccccc1)CCCCCCCC. The van der Waals surface area contributed by atoms with Crippen LogP contribution in [0.4, 0.5) is 0 Å². The highest BCUT2D eigenvalue weighted by molar-refractivity contribution is 7.97. The van der Waals surface area contributed by atoms with E-state index >= 15 is 0 Å². The van der Waals surface area contributed by atoms with Crippen molar-refractivity contribution < 1.29 is 53.8 Å². The smallest absolute Gasteiger partial charge is 0.350 e. The number of hydrogen-bond acceptors (Lipinski definition) is 15. The van der Waals surface area contributed by atoms with Gasteiger partial charge in [0.25, 0.3) is 0 Å². The average Bonchev–Trinajstić information content (AvgIpc) is 0.824. The minimum absolute atomic E-state index is 0.00937. The Hall–Kier alpha value is -6.24. The molecule has 0 heterocycles. The molecule has 0 amide bonds. The van der Waals surface area contributed by atoms with E-state index in [1.165, 1.54) is 202 Å². The maximum Gasteiger partial charge on any atom is 0.350 e. The average molecular weight is 1520 g/mol. The largest absolute Gasteiger partial charge is 0.462 e. The van der Waals surface area contributed by atoms with Gasteiger partial charge >= 0.3 is 17.9 Å². The molecule has 105 heavy (non-hydrogen) atoms. The fourth-order valence-electron chi connectivity index (χ4n) is 11.9. The number of carbonyl (C=O) groups excluding carboxylic acids is 3. The van der Waals surface area contributed by atoms with Crippen LogP contribution in [0.3, 0.4) is 0 Å². The lowest BCUT2D eigenvalue weighted by molar-refractivity contribution is -0.139. The van der Waals surface area contributed by atoms with Gasteiger partial charge in [-0.05, 0) is 163 Å². The van der Waals surface area contributed by atoms with E-state index in [1.807, 2.05) is 31.1 Å². The van der Waals surface area contributed by atoms with Crippen LogP contribution < -0.4 is 0 Å². The predicted octanol–water partition coefficient (Wildman–Crippen LogP) is 22.1. The van der Waals surface area contributed by atoms with Crippen molar-refractivity contribution in [1.29, 1.82) is 0 Å². The van der Waals surface area contributed by atoms with Crippen molar-refractivity contribution in [3.8, 4) is 0 Å². The molecule has 15 nitrogen and oxygen atoms in total. The quantitative estimate of drug-likeness (QED) is 0.0170. The molecule has 0 spiro atoms. The Bertz CT molecular complexity index is 3080. The first-order chi connectivity index (χ1) is 51.0. The molecule has 0 unspecified atom stereocenters. The van der Waals surface area contributed by atoms with Gasteiger partial charge in [-0.1, -0.05) is 275 Å². The van der Waals surface area contributed by atoms with Gasteiger partial charge in [-0.25, -0.2) is 39.6 Å². The Morgan fingerprint density at radius 1 is 0.276 bits per heavy atom. The second kappa shape index (κ2) is 61.7. The zero-order valence-corrected chi connectivity index (χ0v) is 68.5. The molecule has 0 bridgehead atoms. The van der Waals surface area contributed by atoms with Crippen molar-refractivity contribution in [2.75, 3.05) is 59.1 Å². The normalized spacial score (nSPS) is 12.4. The van der Waals surface area contributed by atoms with E-state index in [2.05, 4.69) is 44.4 Å². The van der Waals surface area contributed by atoms with Crippen LogP contribution >= 0.6 is 0 Å². The maximum atomic E-state index is 13.8. The summed E-state index contributed by atoms with van der Waals surface area (Å²) in [7, 11) is -12.3. The van der Waals surface area contributed by atoms with Crippen LogP contribution in [0.2, 0.25) is 0 Å². The molecule has 0 fully saturated rings. The van der Waals surface area contributed by atoms with Crippen LogP contribution in [0.5, 0.6) is 0 Å². The summed E-state index contributed by atoms with van der Waals surface area (Å²) in [6, 6.07) is 23.9. The molecule has 0 saturated carbocycles. The minimum Gasteiger partial charge on any atom is -0.462 e. The first kappa shape index (κ1) is 94.8. The lowest BCUT2D eigenvalue weighted by Crippen LogP contribution is -2.20. The topological polar surface area (TPSA) is 191 Å². The minimum atomic E-state index is -4.17. The predicted molar refractivity (Wildman–Crippen MR) is 435 cm³/mol. The maximum absolute atomic E-state index is 13.8. The Labute approximate surface area is 639 Å². The number of sulfone groups is 3. The van der Waals surface area contributed by atoms with Gasteiger partial charge in [0.15, 0.2) is 14.7 Å². The lowest BCUT2D eigenvalue weighted by Gasteiger charge is -2.20. The Kier molecular flexibility index (Phi) is 55.8. The summed E-state index contributed by atoms with van der Waals surface area (Å²) in [5, 5.41) is 0. The highest BCUT2D eigenvalue weighted by Gasteiger charge is 2.30. The first-order valence-electron chi connectivity index (χ1n) is 40.8. The molecule has 3 aromatic carbocycles. The van der Waals surface area contributed by atoms with Gasteiger partial charge in [-0.15, -0.1) is 0 Å². The molecule has 0 aromatic heterocycles. The number of rotatable bonds is 63. The summed E-state index contributed by atoms with van der Waals surface area (Å²) in [4.78, 5) is 45.3. The second-order valence-electron chi connectivity index (χ2n) is 27.4. The third kappa shape index (κ3) is 43.4. The van der Waals surface area contributed by atoms with Crippen molar-refractivity contribution >= 4 is 47.4 Å². The molecule has 0 aliphatic carbocycles.